The SMILES string of the molecule is CCN(CCOc1ccc(Br)cc1)C1CCNC1=O. The van der Waals surface area contributed by atoms with Gasteiger partial charge in [0.1, 0.15) is 12.4 Å². The van der Waals surface area contributed by atoms with E-state index in [1.807, 2.05) is 24.3 Å². The van der Waals surface area contributed by atoms with Crippen LogP contribution in [0.2, 0.25) is 0 Å². The van der Waals surface area contributed by atoms with Gasteiger partial charge in [-0.25, -0.2) is 0 Å². The van der Waals surface area contributed by atoms with Crippen molar-refractivity contribution in [1.29, 1.82) is 0 Å². The van der Waals surface area contributed by atoms with Gasteiger partial charge in [-0.05, 0) is 37.2 Å². The van der Waals surface area contributed by atoms with Crippen molar-refractivity contribution in [3.63, 3.8) is 0 Å². The third-order valence-electron chi connectivity index (χ3n) is 3.33. The molecule has 1 aliphatic rings. The third kappa shape index (κ3) is 3.94. The third-order valence-corrected chi connectivity index (χ3v) is 3.86. The summed E-state index contributed by atoms with van der Waals surface area (Å²) >= 11 is 3.39. The minimum Gasteiger partial charge on any atom is -0.492 e. The fraction of sp³-hybridized carbons (Fsp3) is 0.500. The Hall–Kier alpha value is -1.07. The topological polar surface area (TPSA) is 41.6 Å². The number of nitrogens with zero attached hydrogens (tertiary/aromatic N) is 1. The number of likely N-dealkylation sites (N-methyl/N-ethyl adjacent to an activating group) is 1. The first-order valence-corrected chi connectivity index (χ1v) is 7.40. The summed E-state index contributed by atoms with van der Waals surface area (Å²) in [6.07, 6.45) is 0.894. The van der Waals surface area contributed by atoms with Crippen LogP contribution in [-0.2, 0) is 4.79 Å². The first-order valence-electron chi connectivity index (χ1n) is 6.61. The summed E-state index contributed by atoms with van der Waals surface area (Å²) in [6, 6.07) is 7.79. The maximum atomic E-state index is 11.6. The van der Waals surface area contributed by atoms with Crippen LogP contribution in [-0.4, -0.2) is 43.1 Å². The summed E-state index contributed by atoms with van der Waals surface area (Å²) < 4.78 is 6.73. The fourth-order valence-corrected chi connectivity index (χ4v) is 2.54. The van der Waals surface area contributed by atoms with Crippen LogP contribution in [0.15, 0.2) is 28.7 Å². The molecule has 0 bridgehead atoms. The van der Waals surface area contributed by atoms with Gasteiger partial charge in [0.15, 0.2) is 0 Å². The van der Waals surface area contributed by atoms with Crippen molar-refractivity contribution in [3.05, 3.63) is 28.7 Å². The maximum Gasteiger partial charge on any atom is 0.237 e. The quantitative estimate of drug-likeness (QED) is 0.869. The summed E-state index contributed by atoms with van der Waals surface area (Å²) in [7, 11) is 0. The number of nitrogens with one attached hydrogen (secondary N) is 1. The molecule has 1 heterocycles. The molecular weight excluding hydrogens is 308 g/mol. The van der Waals surface area contributed by atoms with Gasteiger partial charge in [0.05, 0.1) is 6.04 Å². The second-order valence-electron chi connectivity index (χ2n) is 4.53. The van der Waals surface area contributed by atoms with E-state index in [4.69, 9.17) is 4.74 Å². The van der Waals surface area contributed by atoms with E-state index >= 15 is 0 Å². The Labute approximate surface area is 122 Å². The lowest BCUT2D eigenvalue weighted by atomic mass is 10.2. The highest BCUT2D eigenvalue weighted by Crippen LogP contribution is 2.16. The molecule has 0 saturated carbocycles. The zero-order valence-corrected chi connectivity index (χ0v) is 12.6. The first-order chi connectivity index (χ1) is 9.20. The molecule has 1 fully saturated rings. The van der Waals surface area contributed by atoms with Crippen LogP contribution in [0.1, 0.15) is 13.3 Å². The molecule has 1 aromatic rings. The van der Waals surface area contributed by atoms with Crippen molar-refractivity contribution in [2.75, 3.05) is 26.2 Å². The van der Waals surface area contributed by atoms with Gasteiger partial charge < -0.3 is 10.1 Å². The largest absolute Gasteiger partial charge is 0.492 e. The number of amides is 1. The molecule has 0 spiro atoms. The maximum absolute atomic E-state index is 11.6. The molecule has 104 valence electrons. The van der Waals surface area contributed by atoms with E-state index in [0.717, 1.165) is 36.3 Å². The molecule has 1 saturated heterocycles. The number of benzene rings is 1. The lowest BCUT2D eigenvalue weighted by Crippen LogP contribution is -2.42. The summed E-state index contributed by atoms with van der Waals surface area (Å²) in [6.45, 7) is 5.09. The smallest absolute Gasteiger partial charge is 0.237 e. The lowest BCUT2D eigenvalue weighted by molar-refractivity contribution is -0.123. The van der Waals surface area contributed by atoms with Gasteiger partial charge in [0, 0.05) is 17.6 Å². The van der Waals surface area contributed by atoms with Crippen LogP contribution in [0.25, 0.3) is 0 Å². The Morgan fingerprint density at radius 1 is 1.42 bits per heavy atom. The molecule has 1 aromatic carbocycles. The molecule has 1 N–H and O–H groups in total. The van der Waals surface area contributed by atoms with Crippen molar-refractivity contribution >= 4 is 21.8 Å². The Kier molecular flexibility index (Phi) is 5.22. The molecule has 1 amide bonds. The van der Waals surface area contributed by atoms with Crippen molar-refractivity contribution < 1.29 is 9.53 Å². The Morgan fingerprint density at radius 2 is 2.16 bits per heavy atom. The Morgan fingerprint density at radius 3 is 2.74 bits per heavy atom. The first kappa shape index (κ1) is 14.3. The predicted molar refractivity (Wildman–Crippen MR) is 78.3 cm³/mol. The molecule has 1 atom stereocenters. The van der Waals surface area contributed by atoms with E-state index in [1.165, 1.54) is 0 Å². The second kappa shape index (κ2) is 6.91. The zero-order chi connectivity index (χ0) is 13.7. The van der Waals surface area contributed by atoms with E-state index in [0.29, 0.717) is 6.61 Å². The Bertz CT molecular complexity index is 422. The number of hydrogen-bond donors (Lipinski definition) is 1. The number of ether oxygens (including phenoxy) is 1. The Balaban J connectivity index is 1.80. The van der Waals surface area contributed by atoms with Gasteiger partial charge in [-0.3, -0.25) is 9.69 Å². The molecule has 0 aromatic heterocycles. The predicted octanol–water partition coefficient (Wildman–Crippen LogP) is 2.04. The zero-order valence-electron chi connectivity index (χ0n) is 11.1. The van der Waals surface area contributed by atoms with E-state index in [1.54, 1.807) is 0 Å². The summed E-state index contributed by atoms with van der Waals surface area (Å²) in [5.74, 6) is 1.00. The van der Waals surface area contributed by atoms with Crippen LogP contribution in [0.4, 0.5) is 0 Å². The van der Waals surface area contributed by atoms with Crippen molar-refractivity contribution in [2.24, 2.45) is 0 Å². The van der Waals surface area contributed by atoms with Crippen LogP contribution < -0.4 is 10.1 Å². The molecule has 19 heavy (non-hydrogen) atoms. The summed E-state index contributed by atoms with van der Waals surface area (Å²) in [5.41, 5.74) is 0. The van der Waals surface area contributed by atoms with E-state index < -0.39 is 0 Å². The van der Waals surface area contributed by atoms with Gasteiger partial charge in [-0.15, -0.1) is 0 Å². The molecule has 2 rings (SSSR count). The van der Waals surface area contributed by atoms with E-state index in [-0.39, 0.29) is 11.9 Å². The molecule has 1 aliphatic heterocycles. The van der Waals surface area contributed by atoms with Gasteiger partial charge in [-0.2, -0.15) is 0 Å². The average Bonchev–Trinajstić information content (AvgIpc) is 2.83. The minimum absolute atomic E-state index is 0.0125. The van der Waals surface area contributed by atoms with E-state index in [9.17, 15) is 4.79 Å². The van der Waals surface area contributed by atoms with Gasteiger partial charge in [0.25, 0.3) is 0 Å². The second-order valence-corrected chi connectivity index (χ2v) is 5.44. The highest BCUT2D eigenvalue weighted by molar-refractivity contribution is 9.10. The molecule has 5 heteroatoms. The van der Waals surface area contributed by atoms with Crippen LogP contribution >= 0.6 is 15.9 Å². The number of rotatable bonds is 6. The minimum atomic E-state index is 0.0125. The molecular formula is C14H19BrN2O2. The molecule has 4 nitrogen and oxygen atoms in total. The van der Waals surface area contributed by atoms with Crippen molar-refractivity contribution in [2.45, 2.75) is 19.4 Å². The number of carbonyl (C=O) groups excluding carboxylic acids is 1. The normalized spacial score (nSPS) is 18.7. The average molecular weight is 327 g/mol. The summed E-state index contributed by atoms with van der Waals surface area (Å²) in [5, 5.41) is 2.87. The molecule has 1 unspecified atom stereocenters. The van der Waals surface area contributed by atoms with Crippen LogP contribution in [0.5, 0.6) is 5.75 Å². The van der Waals surface area contributed by atoms with Crippen molar-refractivity contribution in [3.8, 4) is 5.75 Å². The highest BCUT2D eigenvalue weighted by Gasteiger charge is 2.28. The number of hydrogen-bond acceptors (Lipinski definition) is 3. The monoisotopic (exact) mass is 326 g/mol. The fourth-order valence-electron chi connectivity index (χ4n) is 2.28. The van der Waals surface area contributed by atoms with E-state index in [2.05, 4.69) is 33.1 Å². The number of carbonyl (C=O) groups is 1. The summed E-state index contributed by atoms with van der Waals surface area (Å²) in [4.78, 5) is 13.8. The molecule has 0 radical (unpaired) electrons. The number of halogens is 1. The molecule has 0 aliphatic carbocycles. The standard InChI is InChI=1S/C14H19BrN2O2/c1-2-17(13-7-8-16-14(13)18)9-10-19-12-5-3-11(15)4-6-12/h3-6,13H,2,7-10H2,1H3,(H,16,18). The highest BCUT2D eigenvalue weighted by atomic mass is 79.9. The van der Waals surface area contributed by atoms with Crippen LogP contribution in [0, 0.1) is 0 Å². The lowest BCUT2D eigenvalue weighted by Gasteiger charge is -2.25. The van der Waals surface area contributed by atoms with Crippen molar-refractivity contribution in [1.82, 2.24) is 10.2 Å². The van der Waals surface area contributed by atoms with Gasteiger partial charge in [-0.1, -0.05) is 22.9 Å². The van der Waals surface area contributed by atoms with Gasteiger partial charge >= 0.3 is 0 Å². The van der Waals surface area contributed by atoms with Gasteiger partial charge in [0.2, 0.25) is 5.91 Å². The van der Waals surface area contributed by atoms with Crippen LogP contribution in [0.3, 0.4) is 0 Å².